The van der Waals surface area contributed by atoms with Crippen LogP contribution in [0, 0.1) is 5.92 Å². The van der Waals surface area contributed by atoms with Crippen molar-refractivity contribution in [3.63, 3.8) is 0 Å². The second kappa shape index (κ2) is 4.81. The van der Waals surface area contributed by atoms with Gasteiger partial charge in [0, 0.05) is 12.6 Å². The number of nitrogens with zero attached hydrogens (tertiary/aromatic N) is 2. The van der Waals surface area contributed by atoms with Gasteiger partial charge in [0.05, 0.1) is 6.61 Å². The standard InChI is InChI=1S/C9H14ClN3O2/c1-6-5-14-3-2-7(6)11-9-13-12-8(4-10)15-9/h6-7H,2-5H2,1H3,(H,11,13). The molecule has 5 nitrogen and oxygen atoms in total. The summed E-state index contributed by atoms with van der Waals surface area (Å²) in [5.41, 5.74) is 0. The number of nitrogens with one attached hydrogen (secondary N) is 1. The minimum atomic E-state index is 0.248. The Balaban J connectivity index is 1.95. The molecular weight excluding hydrogens is 218 g/mol. The van der Waals surface area contributed by atoms with Crippen LogP contribution in [0.1, 0.15) is 19.2 Å². The molecule has 2 unspecified atom stereocenters. The maximum atomic E-state index is 5.57. The molecule has 0 saturated carbocycles. The Hall–Kier alpha value is -0.810. The molecule has 15 heavy (non-hydrogen) atoms. The van der Waals surface area contributed by atoms with E-state index in [4.69, 9.17) is 20.8 Å². The Morgan fingerprint density at radius 3 is 3.07 bits per heavy atom. The summed E-state index contributed by atoms with van der Waals surface area (Å²) in [4.78, 5) is 0. The summed E-state index contributed by atoms with van der Waals surface area (Å²) in [6, 6.07) is 0.784. The SMILES string of the molecule is CC1COCCC1Nc1nnc(CCl)o1. The molecule has 1 aromatic heterocycles. The first-order chi connectivity index (χ1) is 7.29. The van der Waals surface area contributed by atoms with Crippen LogP contribution in [0.5, 0.6) is 0 Å². The van der Waals surface area contributed by atoms with Gasteiger partial charge in [-0.05, 0) is 12.3 Å². The van der Waals surface area contributed by atoms with E-state index in [0.29, 0.717) is 23.9 Å². The number of hydrogen-bond acceptors (Lipinski definition) is 5. The molecule has 0 spiro atoms. The number of halogens is 1. The Labute approximate surface area is 93.1 Å². The van der Waals surface area contributed by atoms with Crippen molar-refractivity contribution in [1.82, 2.24) is 10.2 Å². The van der Waals surface area contributed by atoms with Crippen molar-refractivity contribution < 1.29 is 9.15 Å². The van der Waals surface area contributed by atoms with Crippen LogP contribution in [0.2, 0.25) is 0 Å². The smallest absolute Gasteiger partial charge is 0.315 e. The minimum absolute atomic E-state index is 0.248. The first-order valence-electron chi connectivity index (χ1n) is 5.02. The average Bonchev–Trinajstić information content (AvgIpc) is 2.69. The van der Waals surface area contributed by atoms with Crippen molar-refractivity contribution in [2.75, 3.05) is 18.5 Å². The van der Waals surface area contributed by atoms with Gasteiger partial charge in [0.25, 0.3) is 0 Å². The van der Waals surface area contributed by atoms with Gasteiger partial charge in [-0.1, -0.05) is 12.0 Å². The van der Waals surface area contributed by atoms with Crippen LogP contribution in [-0.4, -0.2) is 29.5 Å². The molecule has 1 aliphatic rings. The lowest BCUT2D eigenvalue weighted by Crippen LogP contribution is -2.36. The maximum Gasteiger partial charge on any atom is 0.315 e. The van der Waals surface area contributed by atoms with E-state index in [0.717, 1.165) is 19.6 Å². The maximum absolute atomic E-state index is 5.57. The third-order valence-corrected chi connectivity index (χ3v) is 2.76. The summed E-state index contributed by atoms with van der Waals surface area (Å²) in [5, 5.41) is 10.9. The molecule has 0 aliphatic carbocycles. The highest BCUT2D eigenvalue weighted by Gasteiger charge is 2.23. The number of alkyl halides is 1. The van der Waals surface area contributed by atoms with Crippen LogP contribution >= 0.6 is 11.6 Å². The second-order valence-electron chi connectivity index (χ2n) is 3.73. The molecule has 6 heteroatoms. The van der Waals surface area contributed by atoms with Crippen molar-refractivity contribution in [3.8, 4) is 0 Å². The highest BCUT2D eigenvalue weighted by Crippen LogP contribution is 2.18. The van der Waals surface area contributed by atoms with E-state index in [1.807, 2.05) is 0 Å². The fraction of sp³-hybridized carbons (Fsp3) is 0.778. The van der Waals surface area contributed by atoms with E-state index in [1.54, 1.807) is 0 Å². The van der Waals surface area contributed by atoms with E-state index in [2.05, 4.69) is 22.4 Å². The number of ether oxygens (including phenoxy) is 1. The molecule has 1 aromatic rings. The van der Waals surface area contributed by atoms with Crippen LogP contribution in [0.15, 0.2) is 4.42 Å². The molecule has 2 heterocycles. The number of hydrogen-bond donors (Lipinski definition) is 1. The molecular formula is C9H14ClN3O2. The first-order valence-corrected chi connectivity index (χ1v) is 5.55. The van der Waals surface area contributed by atoms with Gasteiger partial charge in [0.1, 0.15) is 5.88 Å². The summed E-state index contributed by atoms with van der Waals surface area (Å²) in [6.45, 7) is 3.68. The molecule has 2 rings (SSSR count). The minimum Gasteiger partial charge on any atom is -0.407 e. The third-order valence-electron chi connectivity index (χ3n) is 2.53. The third kappa shape index (κ3) is 2.60. The zero-order chi connectivity index (χ0) is 10.7. The first kappa shape index (κ1) is 10.7. The van der Waals surface area contributed by atoms with Crippen molar-refractivity contribution in [2.24, 2.45) is 5.92 Å². The number of rotatable bonds is 3. The van der Waals surface area contributed by atoms with Crippen LogP contribution in [0.25, 0.3) is 0 Å². The fourth-order valence-corrected chi connectivity index (χ4v) is 1.73. The lowest BCUT2D eigenvalue weighted by molar-refractivity contribution is 0.0532. The van der Waals surface area contributed by atoms with Gasteiger partial charge in [-0.25, -0.2) is 0 Å². The van der Waals surface area contributed by atoms with E-state index in [1.165, 1.54) is 0 Å². The molecule has 2 atom stereocenters. The van der Waals surface area contributed by atoms with E-state index >= 15 is 0 Å². The summed E-state index contributed by atoms with van der Waals surface area (Å²) in [7, 11) is 0. The summed E-state index contributed by atoms with van der Waals surface area (Å²) in [6.07, 6.45) is 0.958. The predicted octanol–water partition coefficient (Wildman–Crippen LogP) is 1.65. The van der Waals surface area contributed by atoms with Gasteiger partial charge in [-0.15, -0.1) is 16.7 Å². The molecule has 1 N–H and O–H groups in total. The van der Waals surface area contributed by atoms with Gasteiger partial charge in [-0.2, -0.15) is 0 Å². The van der Waals surface area contributed by atoms with Crippen LogP contribution in [-0.2, 0) is 10.6 Å². The number of aromatic nitrogens is 2. The quantitative estimate of drug-likeness (QED) is 0.802. The van der Waals surface area contributed by atoms with E-state index in [9.17, 15) is 0 Å². The number of anilines is 1. The molecule has 84 valence electrons. The van der Waals surface area contributed by atoms with Crippen molar-refractivity contribution in [3.05, 3.63) is 5.89 Å². The van der Waals surface area contributed by atoms with E-state index < -0.39 is 0 Å². The monoisotopic (exact) mass is 231 g/mol. The highest BCUT2D eigenvalue weighted by atomic mass is 35.5. The molecule has 0 radical (unpaired) electrons. The van der Waals surface area contributed by atoms with Gasteiger partial charge < -0.3 is 14.5 Å². The zero-order valence-corrected chi connectivity index (χ0v) is 9.33. The lowest BCUT2D eigenvalue weighted by Gasteiger charge is -2.28. The Kier molecular flexibility index (Phi) is 3.43. The molecule has 1 fully saturated rings. The Bertz CT molecular complexity index is 318. The molecule has 0 amide bonds. The average molecular weight is 232 g/mol. The summed E-state index contributed by atoms with van der Waals surface area (Å²) >= 11 is 5.57. The molecule has 0 bridgehead atoms. The predicted molar refractivity (Wildman–Crippen MR) is 55.9 cm³/mol. The van der Waals surface area contributed by atoms with E-state index in [-0.39, 0.29) is 5.88 Å². The zero-order valence-electron chi connectivity index (χ0n) is 8.57. The largest absolute Gasteiger partial charge is 0.407 e. The van der Waals surface area contributed by atoms with Crippen molar-refractivity contribution >= 4 is 17.6 Å². The van der Waals surface area contributed by atoms with Gasteiger partial charge in [0.2, 0.25) is 5.89 Å². The Morgan fingerprint density at radius 2 is 2.40 bits per heavy atom. The summed E-state index contributed by atoms with van der Waals surface area (Å²) < 4.78 is 10.6. The van der Waals surface area contributed by atoms with Crippen molar-refractivity contribution in [2.45, 2.75) is 25.3 Å². The van der Waals surface area contributed by atoms with Crippen molar-refractivity contribution in [1.29, 1.82) is 0 Å². The second-order valence-corrected chi connectivity index (χ2v) is 3.99. The molecule has 0 aromatic carbocycles. The molecule has 1 aliphatic heterocycles. The van der Waals surface area contributed by atoms with Gasteiger partial charge >= 0.3 is 6.01 Å². The van der Waals surface area contributed by atoms with Gasteiger partial charge in [-0.3, -0.25) is 0 Å². The van der Waals surface area contributed by atoms with Crippen LogP contribution in [0.4, 0.5) is 6.01 Å². The van der Waals surface area contributed by atoms with Gasteiger partial charge in [0.15, 0.2) is 0 Å². The molecule has 1 saturated heterocycles. The highest BCUT2D eigenvalue weighted by molar-refractivity contribution is 6.16. The summed E-state index contributed by atoms with van der Waals surface area (Å²) in [5.74, 6) is 1.14. The van der Waals surface area contributed by atoms with Crippen LogP contribution < -0.4 is 5.32 Å². The fourth-order valence-electron chi connectivity index (χ4n) is 1.62. The van der Waals surface area contributed by atoms with Crippen LogP contribution in [0.3, 0.4) is 0 Å². The Morgan fingerprint density at radius 1 is 1.53 bits per heavy atom. The topological polar surface area (TPSA) is 60.2 Å². The lowest BCUT2D eigenvalue weighted by atomic mass is 9.98. The normalized spacial score (nSPS) is 26.5.